The summed E-state index contributed by atoms with van der Waals surface area (Å²) in [4.78, 5) is 28.9. The van der Waals surface area contributed by atoms with Gasteiger partial charge in [-0.05, 0) is 49.2 Å². The fourth-order valence-electron chi connectivity index (χ4n) is 3.94. The van der Waals surface area contributed by atoms with Gasteiger partial charge in [-0.1, -0.05) is 41.6 Å². The number of aromatic nitrogens is 3. The highest BCUT2D eigenvalue weighted by Crippen LogP contribution is 2.32. The molecule has 2 fully saturated rings. The predicted octanol–water partition coefficient (Wildman–Crippen LogP) is 3.76. The molecule has 1 aliphatic heterocycles. The second-order valence-electron chi connectivity index (χ2n) is 8.25. The molecule has 33 heavy (non-hydrogen) atoms. The molecular weight excluding hydrogens is 458 g/mol. The molecule has 1 aliphatic carbocycles. The monoisotopic (exact) mass is 481 g/mol. The number of amides is 2. The largest absolute Gasteiger partial charge is 0.339 e. The number of hydrogen-bond donors (Lipinski definition) is 0. The van der Waals surface area contributed by atoms with Crippen LogP contribution >= 0.6 is 23.4 Å². The summed E-state index contributed by atoms with van der Waals surface area (Å²) in [6.45, 7) is 2.40. The van der Waals surface area contributed by atoms with Gasteiger partial charge in [0.2, 0.25) is 11.8 Å². The van der Waals surface area contributed by atoms with Crippen LogP contribution < -0.4 is 0 Å². The summed E-state index contributed by atoms with van der Waals surface area (Å²) < 4.78 is 1.97. The van der Waals surface area contributed by atoms with E-state index in [0.29, 0.717) is 42.2 Å². The molecule has 170 valence electrons. The minimum atomic E-state index is 0.0502. The molecule has 1 saturated heterocycles. The van der Waals surface area contributed by atoms with Crippen molar-refractivity contribution in [3.05, 3.63) is 59.6 Å². The van der Waals surface area contributed by atoms with E-state index >= 15 is 0 Å². The fraction of sp³-hybridized carbons (Fsp3) is 0.333. The van der Waals surface area contributed by atoms with Crippen LogP contribution in [0.1, 0.15) is 12.8 Å². The number of rotatable bonds is 6. The number of thioether (sulfide) groups is 1. The third kappa shape index (κ3) is 4.91. The van der Waals surface area contributed by atoms with Crippen molar-refractivity contribution in [3.8, 4) is 17.1 Å². The first-order valence-electron chi connectivity index (χ1n) is 11.1. The fourth-order valence-corrected chi connectivity index (χ4v) is 4.92. The lowest BCUT2D eigenvalue weighted by Gasteiger charge is -2.34. The number of halogens is 1. The number of benzene rings is 2. The van der Waals surface area contributed by atoms with Crippen molar-refractivity contribution in [1.82, 2.24) is 24.6 Å². The van der Waals surface area contributed by atoms with E-state index in [2.05, 4.69) is 10.2 Å². The van der Waals surface area contributed by atoms with Crippen molar-refractivity contribution in [2.75, 3.05) is 31.9 Å². The third-order valence-corrected chi connectivity index (χ3v) is 7.11. The van der Waals surface area contributed by atoms with Gasteiger partial charge in [-0.15, -0.1) is 10.2 Å². The quantitative estimate of drug-likeness (QED) is 0.501. The molecule has 0 unspecified atom stereocenters. The topological polar surface area (TPSA) is 71.3 Å². The van der Waals surface area contributed by atoms with E-state index in [4.69, 9.17) is 11.6 Å². The van der Waals surface area contributed by atoms with Crippen LogP contribution in [0.2, 0.25) is 5.02 Å². The molecule has 5 rings (SSSR count). The SMILES string of the molecule is O=C(CSc1nnc(-c2ccc(Cl)cc2)n1-c1ccccc1)N1CCN(C(=O)C2CC2)CC1. The van der Waals surface area contributed by atoms with Crippen molar-refractivity contribution in [2.45, 2.75) is 18.0 Å². The zero-order chi connectivity index (χ0) is 22.8. The van der Waals surface area contributed by atoms with Crippen LogP contribution in [0, 0.1) is 5.92 Å². The molecule has 7 nitrogen and oxygen atoms in total. The van der Waals surface area contributed by atoms with E-state index in [-0.39, 0.29) is 23.5 Å². The second-order valence-corrected chi connectivity index (χ2v) is 9.63. The molecule has 0 radical (unpaired) electrons. The summed E-state index contributed by atoms with van der Waals surface area (Å²) in [7, 11) is 0. The Morgan fingerprint density at radius 3 is 2.24 bits per heavy atom. The van der Waals surface area contributed by atoms with Crippen molar-refractivity contribution in [3.63, 3.8) is 0 Å². The zero-order valence-corrected chi connectivity index (χ0v) is 19.6. The molecule has 1 aromatic heterocycles. The van der Waals surface area contributed by atoms with Crippen LogP contribution in [0.5, 0.6) is 0 Å². The van der Waals surface area contributed by atoms with E-state index < -0.39 is 0 Å². The van der Waals surface area contributed by atoms with Crippen LogP contribution in [-0.4, -0.2) is 68.3 Å². The van der Waals surface area contributed by atoms with Crippen molar-refractivity contribution in [1.29, 1.82) is 0 Å². The van der Waals surface area contributed by atoms with Crippen molar-refractivity contribution < 1.29 is 9.59 Å². The summed E-state index contributed by atoms with van der Waals surface area (Å²) in [5.74, 6) is 1.49. The summed E-state index contributed by atoms with van der Waals surface area (Å²) in [5, 5.41) is 10.1. The highest BCUT2D eigenvalue weighted by Gasteiger charge is 2.35. The highest BCUT2D eigenvalue weighted by molar-refractivity contribution is 7.99. The Morgan fingerprint density at radius 1 is 0.909 bits per heavy atom. The van der Waals surface area contributed by atoms with Gasteiger partial charge in [0.15, 0.2) is 11.0 Å². The van der Waals surface area contributed by atoms with E-state index in [9.17, 15) is 9.59 Å². The molecule has 0 atom stereocenters. The van der Waals surface area contributed by atoms with Gasteiger partial charge in [0, 0.05) is 48.4 Å². The number of nitrogens with zero attached hydrogens (tertiary/aromatic N) is 5. The van der Waals surface area contributed by atoms with Crippen LogP contribution in [0.3, 0.4) is 0 Å². The predicted molar refractivity (Wildman–Crippen MR) is 128 cm³/mol. The molecule has 3 aromatic rings. The third-order valence-electron chi connectivity index (χ3n) is 5.95. The van der Waals surface area contributed by atoms with Crippen LogP contribution in [0.15, 0.2) is 59.8 Å². The molecule has 0 spiro atoms. The maximum absolute atomic E-state index is 12.9. The Balaban J connectivity index is 1.29. The molecule has 2 heterocycles. The van der Waals surface area contributed by atoms with Gasteiger partial charge in [0.1, 0.15) is 0 Å². The molecule has 2 aromatic carbocycles. The molecule has 0 N–H and O–H groups in total. The molecular formula is C24H24ClN5O2S. The van der Waals surface area contributed by atoms with Gasteiger partial charge in [0.05, 0.1) is 5.75 Å². The van der Waals surface area contributed by atoms with Crippen LogP contribution in [0.25, 0.3) is 17.1 Å². The first-order valence-corrected chi connectivity index (χ1v) is 12.4. The van der Waals surface area contributed by atoms with Crippen LogP contribution in [-0.2, 0) is 9.59 Å². The number of para-hydroxylation sites is 1. The average molecular weight is 482 g/mol. The summed E-state index contributed by atoms with van der Waals surface area (Å²) in [6, 6.07) is 17.3. The van der Waals surface area contributed by atoms with Gasteiger partial charge < -0.3 is 9.80 Å². The Kier molecular flexibility index (Phi) is 6.37. The highest BCUT2D eigenvalue weighted by atomic mass is 35.5. The Morgan fingerprint density at radius 2 is 1.58 bits per heavy atom. The average Bonchev–Trinajstić information content (AvgIpc) is 3.62. The lowest BCUT2D eigenvalue weighted by Crippen LogP contribution is -2.51. The molecule has 0 bridgehead atoms. The van der Waals surface area contributed by atoms with Crippen molar-refractivity contribution >= 4 is 35.2 Å². The minimum absolute atomic E-state index is 0.0502. The zero-order valence-electron chi connectivity index (χ0n) is 18.1. The standard InChI is InChI=1S/C24H24ClN5O2S/c25-19-10-8-17(9-11-19)22-26-27-24(30(22)20-4-2-1-3-5-20)33-16-21(31)28-12-14-29(15-13-28)23(32)18-6-7-18/h1-5,8-11,18H,6-7,12-16H2. The number of carbonyl (C=O) groups excluding carboxylic acids is 2. The number of carbonyl (C=O) groups is 2. The van der Waals surface area contributed by atoms with Gasteiger partial charge in [0.25, 0.3) is 0 Å². The van der Waals surface area contributed by atoms with Crippen molar-refractivity contribution in [2.24, 2.45) is 5.92 Å². The Labute approximate surface area is 201 Å². The van der Waals surface area contributed by atoms with Crippen LogP contribution in [0.4, 0.5) is 0 Å². The number of piperazine rings is 1. The van der Waals surface area contributed by atoms with E-state index in [1.807, 2.05) is 69.0 Å². The molecule has 9 heteroatoms. The van der Waals surface area contributed by atoms with Gasteiger partial charge in [-0.25, -0.2) is 0 Å². The summed E-state index contributed by atoms with van der Waals surface area (Å²) >= 11 is 7.43. The lowest BCUT2D eigenvalue weighted by atomic mass is 10.2. The first-order chi connectivity index (χ1) is 16.1. The maximum atomic E-state index is 12.9. The smallest absolute Gasteiger partial charge is 0.233 e. The Hall–Kier alpha value is -2.84. The van der Waals surface area contributed by atoms with Gasteiger partial charge in [-0.3, -0.25) is 14.2 Å². The van der Waals surface area contributed by atoms with E-state index in [0.717, 1.165) is 24.1 Å². The van der Waals surface area contributed by atoms with Gasteiger partial charge in [-0.2, -0.15) is 0 Å². The first kappa shape index (κ1) is 22.0. The molecule has 1 saturated carbocycles. The number of hydrogen-bond acceptors (Lipinski definition) is 5. The van der Waals surface area contributed by atoms with E-state index in [1.165, 1.54) is 11.8 Å². The summed E-state index contributed by atoms with van der Waals surface area (Å²) in [5.41, 5.74) is 1.82. The second kappa shape index (κ2) is 9.57. The minimum Gasteiger partial charge on any atom is -0.339 e. The maximum Gasteiger partial charge on any atom is 0.233 e. The van der Waals surface area contributed by atoms with Gasteiger partial charge >= 0.3 is 0 Å². The Bertz CT molecular complexity index is 1140. The van der Waals surface area contributed by atoms with E-state index in [1.54, 1.807) is 0 Å². The molecule has 2 amide bonds. The lowest BCUT2D eigenvalue weighted by molar-refractivity contribution is -0.139. The summed E-state index contributed by atoms with van der Waals surface area (Å²) in [6.07, 6.45) is 2.02. The molecule has 2 aliphatic rings. The normalized spacial score (nSPS) is 16.2.